The van der Waals surface area contributed by atoms with Gasteiger partial charge in [-0.25, -0.2) is 0 Å². The second-order valence-electron chi connectivity index (χ2n) is 22.5. The summed E-state index contributed by atoms with van der Waals surface area (Å²) in [5.41, 5.74) is 0. The molecule has 0 radical (unpaired) electrons. The molecule has 0 aliphatic heterocycles. The van der Waals surface area contributed by atoms with Gasteiger partial charge < -0.3 is 20.3 Å². The molecule has 0 aliphatic rings. The van der Waals surface area contributed by atoms with Gasteiger partial charge in [-0.1, -0.05) is 315 Å². The molecule has 0 rings (SSSR count). The Balaban J connectivity index is 3.33. The maximum Gasteiger partial charge on any atom is 0.305 e. The van der Waals surface area contributed by atoms with Crippen LogP contribution >= 0.6 is 0 Å². The highest BCUT2D eigenvalue weighted by molar-refractivity contribution is 5.76. The van der Waals surface area contributed by atoms with Crippen LogP contribution in [0, 0.1) is 0 Å². The fourth-order valence-electron chi connectivity index (χ4n) is 10.3. The van der Waals surface area contributed by atoms with Gasteiger partial charge in [-0.05, 0) is 51.4 Å². The Kier molecular flexibility index (Phi) is 59.9. The summed E-state index contributed by atoms with van der Waals surface area (Å²) in [4.78, 5) is 24.5. The smallest absolute Gasteiger partial charge is 0.305 e. The SMILES string of the molecule is CCCCC/C=C\CCCCCCCC(=O)OCCCCCCCCCCCCCCCCCCCCCCCCCCCCCCC(=O)NC(CO)C(O)CCCCCCCCCCCCCCCC. The molecule has 2 atom stereocenters. The van der Waals surface area contributed by atoms with Crippen LogP contribution in [0.3, 0.4) is 0 Å². The molecule has 0 spiro atoms. The third-order valence-corrected chi connectivity index (χ3v) is 15.3. The predicted molar refractivity (Wildman–Crippen MR) is 310 cm³/mol. The van der Waals surface area contributed by atoms with Crippen LogP contribution in [0.1, 0.15) is 367 Å². The molecule has 0 aromatic carbocycles. The maximum absolute atomic E-state index is 12.5. The van der Waals surface area contributed by atoms with Gasteiger partial charge >= 0.3 is 5.97 Å². The summed E-state index contributed by atoms with van der Waals surface area (Å²) >= 11 is 0. The van der Waals surface area contributed by atoms with E-state index in [2.05, 4.69) is 31.3 Å². The number of carbonyl (C=O) groups is 2. The fourth-order valence-corrected chi connectivity index (χ4v) is 10.3. The second kappa shape index (κ2) is 61.1. The minimum absolute atomic E-state index is 0.00924. The highest BCUT2D eigenvalue weighted by Crippen LogP contribution is 2.19. The average Bonchev–Trinajstić information content (AvgIpc) is 3.37. The number of hydrogen-bond donors (Lipinski definition) is 3. The summed E-state index contributed by atoms with van der Waals surface area (Å²) in [7, 11) is 0. The number of aliphatic hydroxyl groups excluding tert-OH is 2. The minimum atomic E-state index is -0.661. The summed E-state index contributed by atoms with van der Waals surface area (Å²) in [5, 5.41) is 23.3. The summed E-state index contributed by atoms with van der Waals surface area (Å²) in [5.74, 6) is -0.0202. The zero-order valence-corrected chi connectivity index (χ0v) is 48.2. The molecular weight excluding hydrogens is 875 g/mol. The average molecular weight is 1000 g/mol. The number of allylic oxidation sites excluding steroid dienone is 2. The van der Waals surface area contributed by atoms with Crippen LogP contribution in [0.15, 0.2) is 12.2 Å². The molecule has 0 aromatic heterocycles. The Labute approximate surface area is 444 Å². The van der Waals surface area contributed by atoms with Crippen molar-refractivity contribution in [2.75, 3.05) is 13.2 Å². The van der Waals surface area contributed by atoms with E-state index in [9.17, 15) is 19.8 Å². The summed E-state index contributed by atoms with van der Waals surface area (Å²) in [6, 6.07) is -0.538. The molecule has 3 N–H and O–H groups in total. The molecule has 0 aliphatic carbocycles. The van der Waals surface area contributed by atoms with E-state index >= 15 is 0 Å². The number of esters is 1. The van der Waals surface area contributed by atoms with E-state index in [4.69, 9.17) is 4.74 Å². The van der Waals surface area contributed by atoms with Crippen LogP contribution in [0.4, 0.5) is 0 Å². The Morgan fingerprint density at radius 3 is 1.03 bits per heavy atom. The predicted octanol–water partition coefficient (Wildman–Crippen LogP) is 20.4. The Hall–Kier alpha value is -1.40. The van der Waals surface area contributed by atoms with E-state index < -0.39 is 12.1 Å². The number of ether oxygens (including phenoxy) is 1. The van der Waals surface area contributed by atoms with Crippen molar-refractivity contribution >= 4 is 11.9 Å². The maximum atomic E-state index is 12.5. The summed E-state index contributed by atoms with van der Waals surface area (Å²) in [6.07, 6.45) is 73.8. The first-order chi connectivity index (χ1) is 35.0. The molecule has 1 amide bonds. The van der Waals surface area contributed by atoms with Crippen LogP contribution in [0.2, 0.25) is 0 Å². The van der Waals surface area contributed by atoms with Crippen molar-refractivity contribution in [3.8, 4) is 0 Å². The molecule has 0 bridgehead atoms. The van der Waals surface area contributed by atoms with Crippen LogP contribution < -0.4 is 5.32 Å². The topological polar surface area (TPSA) is 95.9 Å². The third kappa shape index (κ3) is 57.7. The second-order valence-corrected chi connectivity index (χ2v) is 22.5. The third-order valence-electron chi connectivity index (χ3n) is 15.3. The van der Waals surface area contributed by atoms with Gasteiger partial charge in [0.2, 0.25) is 5.91 Å². The van der Waals surface area contributed by atoms with Crippen LogP contribution in [0.5, 0.6) is 0 Å². The molecule has 422 valence electrons. The molecule has 0 saturated carbocycles. The standard InChI is InChI=1S/C65H127NO5/c1-3-5-7-9-11-13-15-17-34-37-41-45-49-53-57-63(68)62(61-67)66-64(69)58-54-50-46-42-38-35-32-30-28-26-24-22-20-18-19-21-23-25-27-29-31-33-36-40-44-48-52-56-60-71-65(70)59-55-51-47-43-39-16-14-12-10-8-6-4-2/h12,14,62-63,67-68H,3-11,13,15-61H2,1-2H3,(H,66,69)/b14-12-. The summed E-state index contributed by atoms with van der Waals surface area (Å²) in [6.45, 7) is 4.95. The van der Waals surface area contributed by atoms with Crippen molar-refractivity contribution in [2.24, 2.45) is 0 Å². The lowest BCUT2D eigenvalue weighted by Gasteiger charge is -2.22. The van der Waals surface area contributed by atoms with Crippen LogP contribution in [-0.4, -0.2) is 47.4 Å². The molecular formula is C65H127NO5. The van der Waals surface area contributed by atoms with Crippen molar-refractivity contribution in [3.05, 3.63) is 12.2 Å². The lowest BCUT2D eigenvalue weighted by atomic mass is 10.0. The lowest BCUT2D eigenvalue weighted by Crippen LogP contribution is -2.45. The first kappa shape index (κ1) is 69.6. The van der Waals surface area contributed by atoms with Gasteiger partial charge in [0.25, 0.3) is 0 Å². The van der Waals surface area contributed by atoms with Gasteiger partial charge in [0.1, 0.15) is 0 Å². The highest BCUT2D eigenvalue weighted by atomic mass is 16.5. The van der Waals surface area contributed by atoms with Gasteiger partial charge in [-0.3, -0.25) is 9.59 Å². The van der Waals surface area contributed by atoms with Crippen molar-refractivity contribution in [3.63, 3.8) is 0 Å². The van der Waals surface area contributed by atoms with Crippen molar-refractivity contribution in [1.82, 2.24) is 5.32 Å². The van der Waals surface area contributed by atoms with E-state index in [0.717, 1.165) is 44.9 Å². The van der Waals surface area contributed by atoms with Gasteiger partial charge in [0.15, 0.2) is 0 Å². The monoisotopic (exact) mass is 1000 g/mol. The molecule has 0 fully saturated rings. The number of nitrogens with one attached hydrogen (secondary N) is 1. The van der Waals surface area contributed by atoms with Crippen molar-refractivity contribution < 1.29 is 24.5 Å². The number of unbranched alkanes of at least 4 members (excludes halogenated alkanes) is 48. The van der Waals surface area contributed by atoms with Crippen LogP contribution in [-0.2, 0) is 14.3 Å². The molecule has 0 aromatic rings. The van der Waals surface area contributed by atoms with Gasteiger partial charge in [-0.15, -0.1) is 0 Å². The van der Waals surface area contributed by atoms with Crippen molar-refractivity contribution in [1.29, 1.82) is 0 Å². The normalized spacial score (nSPS) is 12.6. The molecule has 2 unspecified atom stereocenters. The molecule has 0 heterocycles. The Morgan fingerprint density at radius 2 is 0.662 bits per heavy atom. The zero-order valence-electron chi connectivity index (χ0n) is 48.2. The number of rotatable bonds is 61. The quantitative estimate of drug-likeness (QED) is 0.0320. The molecule has 0 saturated heterocycles. The molecule has 71 heavy (non-hydrogen) atoms. The number of carbonyl (C=O) groups excluding carboxylic acids is 2. The van der Waals surface area contributed by atoms with E-state index in [1.807, 2.05) is 0 Å². The highest BCUT2D eigenvalue weighted by Gasteiger charge is 2.20. The zero-order chi connectivity index (χ0) is 51.4. The fraction of sp³-hybridized carbons (Fsp3) is 0.938. The van der Waals surface area contributed by atoms with E-state index in [-0.39, 0.29) is 18.5 Å². The Bertz CT molecular complexity index is 1060. The first-order valence-corrected chi connectivity index (χ1v) is 32.4. The molecule has 6 heteroatoms. The number of hydrogen-bond acceptors (Lipinski definition) is 5. The lowest BCUT2D eigenvalue weighted by molar-refractivity contribution is -0.143. The van der Waals surface area contributed by atoms with Crippen molar-refractivity contribution in [2.45, 2.75) is 379 Å². The minimum Gasteiger partial charge on any atom is -0.466 e. The summed E-state index contributed by atoms with van der Waals surface area (Å²) < 4.78 is 5.47. The first-order valence-electron chi connectivity index (χ1n) is 32.4. The Morgan fingerprint density at radius 1 is 0.380 bits per heavy atom. The number of amides is 1. The largest absolute Gasteiger partial charge is 0.466 e. The van der Waals surface area contributed by atoms with Gasteiger partial charge in [-0.2, -0.15) is 0 Å². The van der Waals surface area contributed by atoms with E-state index in [1.54, 1.807) is 0 Å². The van der Waals surface area contributed by atoms with Gasteiger partial charge in [0.05, 0.1) is 25.4 Å². The van der Waals surface area contributed by atoms with E-state index in [0.29, 0.717) is 25.9 Å². The van der Waals surface area contributed by atoms with E-state index in [1.165, 1.54) is 289 Å². The van der Waals surface area contributed by atoms with Crippen LogP contribution in [0.25, 0.3) is 0 Å². The number of aliphatic hydroxyl groups is 2. The van der Waals surface area contributed by atoms with Gasteiger partial charge in [0, 0.05) is 12.8 Å². The molecule has 6 nitrogen and oxygen atoms in total.